The third-order valence-electron chi connectivity index (χ3n) is 5.30. The van der Waals surface area contributed by atoms with E-state index >= 15 is 0 Å². The first kappa shape index (κ1) is 25.2. The average Bonchev–Trinajstić information content (AvgIpc) is 3.18. The number of nitrogens with two attached hydrogens (primary N) is 2. The van der Waals surface area contributed by atoms with Gasteiger partial charge in [0.15, 0.2) is 0 Å². The van der Waals surface area contributed by atoms with Gasteiger partial charge in [-0.05, 0) is 49.0 Å². The topological polar surface area (TPSA) is 156 Å². The maximum atomic E-state index is 12.5. The molecule has 10 nitrogen and oxygen atoms in total. The molecule has 0 aliphatic heterocycles. The molecular weight excluding hydrogens is 458 g/mol. The van der Waals surface area contributed by atoms with Crippen LogP contribution in [-0.4, -0.2) is 46.5 Å². The van der Waals surface area contributed by atoms with Crippen LogP contribution in [0.3, 0.4) is 0 Å². The predicted octanol–water partition coefficient (Wildman–Crippen LogP) is 2.37. The summed E-state index contributed by atoms with van der Waals surface area (Å²) in [6.45, 7) is 0.415. The van der Waals surface area contributed by atoms with Gasteiger partial charge in [-0.1, -0.05) is 30.3 Å². The summed E-state index contributed by atoms with van der Waals surface area (Å²) in [5.41, 5.74) is 13.0. The molecule has 0 unspecified atom stereocenters. The van der Waals surface area contributed by atoms with Crippen LogP contribution < -0.4 is 16.8 Å². The summed E-state index contributed by atoms with van der Waals surface area (Å²) in [6, 6.07) is 12.2. The fourth-order valence-electron chi connectivity index (χ4n) is 3.55. The van der Waals surface area contributed by atoms with Crippen LogP contribution in [0.15, 0.2) is 59.6 Å². The summed E-state index contributed by atoms with van der Waals surface area (Å²) in [5.74, 6) is -1.05. The van der Waals surface area contributed by atoms with Crippen LogP contribution in [0.1, 0.15) is 18.4 Å². The van der Waals surface area contributed by atoms with Gasteiger partial charge in [-0.25, -0.2) is 4.79 Å². The van der Waals surface area contributed by atoms with Crippen LogP contribution in [-0.2, 0) is 20.7 Å². The van der Waals surface area contributed by atoms with Crippen molar-refractivity contribution in [2.75, 3.05) is 13.7 Å². The lowest BCUT2D eigenvalue weighted by molar-refractivity contribution is -0.387. The molecule has 0 radical (unpaired) electrons. The van der Waals surface area contributed by atoms with Crippen molar-refractivity contribution >= 4 is 40.4 Å². The Bertz CT molecular complexity index is 1180. The molecule has 0 bridgehead atoms. The number of benzene rings is 2. The summed E-state index contributed by atoms with van der Waals surface area (Å²) < 4.78 is 6.72. The summed E-state index contributed by atoms with van der Waals surface area (Å²) in [4.78, 5) is 36.5. The lowest BCUT2D eigenvalue weighted by atomic mass is 10.0. The number of rotatable bonds is 11. The van der Waals surface area contributed by atoms with Crippen LogP contribution in [0, 0.1) is 10.1 Å². The van der Waals surface area contributed by atoms with E-state index in [2.05, 4.69) is 5.32 Å². The molecule has 0 aliphatic carbocycles. The van der Waals surface area contributed by atoms with Crippen molar-refractivity contribution in [3.63, 3.8) is 0 Å². The number of methoxy groups -OCH3 is 1. The SMILES string of the molecule is COC(=O)[C@H](Cc1cn(Sc2ccccc2[N+](=O)[O-])c2ccccc12)NC(=O)[C@@H](N)CCCN. The van der Waals surface area contributed by atoms with Gasteiger partial charge in [-0.15, -0.1) is 0 Å². The number of nitrogens with one attached hydrogen (secondary N) is 1. The fourth-order valence-corrected chi connectivity index (χ4v) is 4.58. The van der Waals surface area contributed by atoms with Gasteiger partial charge < -0.3 is 21.5 Å². The second-order valence-corrected chi connectivity index (χ2v) is 8.66. The Morgan fingerprint density at radius 2 is 1.91 bits per heavy atom. The number of carbonyl (C=O) groups excluding carboxylic acids is 2. The van der Waals surface area contributed by atoms with E-state index in [0.717, 1.165) is 16.5 Å². The van der Waals surface area contributed by atoms with E-state index in [1.165, 1.54) is 25.1 Å². The molecule has 0 spiro atoms. The van der Waals surface area contributed by atoms with Gasteiger partial charge in [0.05, 0.1) is 23.6 Å². The molecule has 2 atom stereocenters. The number of fused-ring (bicyclic) bond motifs is 1. The molecule has 0 fully saturated rings. The molecule has 11 heteroatoms. The molecule has 0 aliphatic rings. The zero-order chi connectivity index (χ0) is 24.7. The first-order valence-electron chi connectivity index (χ1n) is 10.7. The van der Waals surface area contributed by atoms with Gasteiger partial charge >= 0.3 is 5.97 Å². The van der Waals surface area contributed by atoms with E-state index in [-0.39, 0.29) is 12.1 Å². The second kappa shape index (κ2) is 11.6. The van der Waals surface area contributed by atoms with Crippen LogP contribution in [0.2, 0.25) is 0 Å². The average molecular weight is 486 g/mol. The van der Waals surface area contributed by atoms with Gasteiger partial charge in [0.1, 0.15) is 10.9 Å². The number of carbonyl (C=O) groups is 2. The summed E-state index contributed by atoms with van der Waals surface area (Å²) in [7, 11) is 1.25. The second-order valence-electron chi connectivity index (χ2n) is 7.64. The van der Waals surface area contributed by atoms with Crippen molar-refractivity contribution in [1.82, 2.24) is 9.29 Å². The highest BCUT2D eigenvalue weighted by atomic mass is 32.2. The Morgan fingerprint density at radius 3 is 2.62 bits per heavy atom. The van der Waals surface area contributed by atoms with Crippen LogP contribution in [0.5, 0.6) is 0 Å². The highest BCUT2D eigenvalue weighted by Gasteiger charge is 2.26. The molecule has 3 rings (SSSR count). The smallest absolute Gasteiger partial charge is 0.328 e. The number of ether oxygens (including phenoxy) is 1. The monoisotopic (exact) mass is 485 g/mol. The van der Waals surface area contributed by atoms with E-state index in [4.69, 9.17) is 16.2 Å². The van der Waals surface area contributed by atoms with Crippen molar-refractivity contribution in [3.8, 4) is 0 Å². The summed E-state index contributed by atoms with van der Waals surface area (Å²) >= 11 is 1.20. The molecule has 0 saturated carbocycles. The quantitative estimate of drug-likeness (QED) is 0.212. The van der Waals surface area contributed by atoms with E-state index in [1.807, 2.05) is 34.4 Å². The largest absolute Gasteiger partial charge is 0.467 e. The predicted molar refractivity (Wildman–Crippen MR) is 130 cm³/mol. The van der Waals surface area contributed by atoms with Crippen molar-refractivity contribution in [3.05, 3.63) is 70.4 Å². The Kier molecular flexibility index (Phi) is 8.63. The number of esters is 1. The highest BCUT2D eigenvalue weighted by Crippen LogP contribution is 2.34. The fraction of sp³-hybridized carbons (Fsp3) is 0.304. The van der Waals surface area contributed by atoms with Gasteiger partial charge in [0.25, 0.3) is 5.69 Å². The Labute approximate surface area is 200 Å². The molecule has 1 aromatic heterocycles. The minimum absolute atomic E-state index is 0.00185. The molecule has 3 aromatic rings. The van der Waals surface area contributed by atoms with Crippen LogP contribution in [0.4, 0.5) is 5.69 Å². The molecule has 34 heavy (non-hydrogen) atoms. The Hall–Kier alpha value is -3.41. The molecule has 180 valence electrons. The van der Waals surface area contributed by atoms with E-state index in [1.54, 1.807) is 18.2 Å². The molecular formula is C23H27N5O5S. The number of hydrogen-bond acceptors (Lipinski definition) is 8. The summed E-state index contributed by atoms with van der Waals surface area (Å²) in [6.07, 6.45) is 2.96. The zero-order valence-corrected chi connectivity index (χ0v) is 19.5. The number of nitro benzene ring substituents is 1. The Morgan fingerprint density at radius 1 is 1.21 bits per heavy atom. The molecule has 0 saturated heterocycles. The number of hydrogen-bond donors (Lipinski definition) is 3. The van der Waals surface area contributed by atoms with E-state index in [9.17, 15) is 19.7 Å². The van der Waals surface area contributed by atoms with Crippen LogP contribution >= 0.6 is 11.9 Å². The van der Waals surface area contributed by atoms with Gasteiger partial charge in [-0.3, -0.25) is 18.9 Å². The van der Waals surface area contributed by atoms with Gasteiger partial charge in [0, 0.05) is 24.1 Å². The standard InChI is InChI=1S/C23H27N5O5S/c1-33-23(30)18(26-22(29)17(25)8-6-12-24)13-15-14-27(19-9-3-2-7-16(15)19)34-21-11-5-4-10-20(21)28(31)32/h2-5,7,9-11,14,17-18H,6,8,12-13,24-25H2,1H3,(H,26,29)/t17-,18-/m0/s1. The first-order valence-corrected chi connectivity index (χ1v) is 11.5. The first-order chi connectivity index (χ1) is 16.3. The molecule has 5 N–H and O–H groups in total. The van der Waals surface area contributed by atoms with Crippen molar-refractivity contribution < 1.29 is 19.2 Å². The third-order valence-corrected chi connectivity index (χ3v) is 6.34. The normalized spacial score (nSPS) is 12.8. The lowest BCUT2D eigenvalue weighted by Crippen LogP contribution is -2.49. The number of nitrogens with zero attached hydrogens (tertiary/aromatic N) is 2. The minimum Gasteiger partial charge on any atom is -0.467 e. The maximum Gasteiger partial charge on any atom is 0.328 e. The van der Waals surface area contributed by atoms with Crippen molar-refractivity contribution in [2.45, 2.75) is 36.2 Å². The van der Waals surface area contributed by atoms with E-state index < -0.39 is 28.9 Å². The van der Waals surface area contributed by atoms with Gasteiger partial charge in [0.2, 0.25) is 5.91 Å². The number of aromatic nitrogens is 1. The van der Waals surface area contributed by atoms with Crippen molar-refractivity contribution in [1.29, 1.82) is 0 Å². The molecule has 2 aromatic carbocycles. The maximum absolute atomic E-state index is 12.5. The highest BCUT2D eigenvalue weighted by molar-refractivity contribution is 7.98. The minimum atomic E-state index is -0.947. The van der Waals surface area contributed by atoms with Crippen molar-refractivity contribution in [2.24, 2.45) is 11.5 Å². The molecule has 1 heterocycles. The van der Waals surface area contributed by atoms with Crippen LogP contribution in [0.25, 0.3) is 10.9 Å². The Balaban J connectivity index is 1.91. The zero-order valence-electron chi connectivity index (χ0n) is 18.7. The third kappa shape index (κ3) is 5.93. The number of para-hydroxylation sites is 2. The lowest BCUT2D eigenvalue weighted by Gasteiger charge is -2.19. The summed E-state index contributed by atoms with van der Waals surface area (Å²) in [5, 5.41) is 15.0. The molecule has 1 amide bonds. The van der Waals surface area contributed by atoms with E-state index in [0.29, 0.717) is 24.3 Å². The number of amides is 1. The van der Waals surface area contributed by atoms with Gasteiger partial charge in [-0.2, -0.15) is 0 Å². The number of nitro groups is 1.